The minimum absolute atomic E-state index is 0.147. The lowest BCUT2D eigenvalue weighted by molar-refractivity contribution is 0.298. The summed E-state index contributed by atoms with van der Waals surface area (Å²) in [7, 11) is 0. The van der Waals surface area contributed by atoms with Crippen LogP contribution in [0.1, 0.15) is 16.7 Å². The fraction of sp³-hybridized carbons (Fsp3) is 0.125. The molecule has 3 nitrogen and oxygen atoms in total. The van der Waals surface area contributed by atoms with Gasteiger partial charge in [-0.2, -0.15) is 0 Å². The van der Waals surface area contributed by atoms with Gasteiger partial charge in [0.05, 0.1) is 5.39 Å². The van der Waals surface area contributed by atoms with Crippen molar-refractivity contribution in [1.82, 2.24) is 0 Å². The molecule has 0 spiro atoms. The van der Waals surface area contributed by atoms with Gasteiger partial charge in [-0.3, -0.25) is 4.79 Å². The number of hydrogen-bond acceptors (Lipinski definition) is 3. The van der Waals surface area contributed by atoms with Gasteiger partial charge in [-0.25, -0.2) is 0 Å². The molecule has 0 aliphatic rings. The molecule has 0 unspecified atom stereocenters. The summed E-state index contributed by atoms with van der Waals surface area (Å²) in [4.78, 5) is 13.2. The molecule has 0 N–H and O–H groups in total. The fourth-order valence-electron chi connectivity index (χ4n) is 3.05. The number of benzene rings is 3. The Labute approximate surface area is 157 Å². The van der Waals surface area contributed by atoms with E-state index in [0.717, 1.165) is 22.3 Å². The average Bonchev–Trinajstić information content (AvgIpc) is 2.69. The number of fused-ring (bicyclic) bond motifs is 1. The van der Waals surface area contributed by atoms with E-state index in [1.807, 2.05) is 86.6 Å². The van der Waals surface area contributed by atoms with Crippen LogP contribution in [0.5, 0.6) is 5.75 Å². The summed E-state index contributed by atoms with van der Waals surface area (Å²) in [5.41, 5.74) is 4.38. The standard InChI is InChI=1S/C24H20O3/c1-16-8-11-19(12-9-16)23-24(26-15-18-6-4-3-5-7-18)22(25)20-14-17(2)10-13-21(20)27-23/h3-14H,15H2,1-2H3. The molecule has 4 aromatic rings. The maximum Gasteiger partial charge on any atom is 0.235 e. The molecular weight excluding hydrogens is 336 g/mol. The smallest absolute Gasteiger partial charge is 0.235 e. The number of rotatable bonds is 4. The molecule has 0 bridgehead atoms. The van der Waals surface area contributed by atoms with Crippen LogP contribution in [0, 0.1) is 13.8 Å². The van der Waals surface area contributed by atoms with Gasteiger partial charge in [-0.15, -0.1) is 0 Å². The molecule has 0 saturated heterocycles. The summed E-state index contributed by atoms with van der Waals surface area (Å²) in [6.07, 6.45) is 0. The Balaban J connectivity index is 1.87. The van der Waals surface area contributed by atoms with E-state index >= 15 is 0 Å². The van der Waals surface area contributed by atoms with E-state index in [2.05, 4.69) is 0 Å². The molecule has 0 radical (unpaired) electrons. The maximum absolute atomic E-state index is 13.2. The average molecular weight is 356 g/mol. The normalized spacial score (nSPS) is 10.9. The third-order valence-corrected chi connectivity index (χ3v) is 4.54. The Morgan fingerprint density at radius 3 is 2.30 bits per heavy atom. The van der Waals surface area contributed by atoms with Gasteiger partial charge >= 0.3 is 0 Å². The molecule has 0 amide bonds. The summed E-state index contributed by atoms with van der Waals surface area (Å²) < 4.78 is 12.1. The van der Waals surface area contributed by atoms with E-state index in [-0.39, 0.29) is 11.2 Å². The van der Waals surface area contributed by atoms with Crippen LogP contribution in [0.15, 0.2) is 82.0 Å². The monoisotopic (exact) mass is 356 g/mol. The van der Waals surface area contributed by atoms with Crippen LogP contribution in [0.25, 0.3) is 22.3 Å². The lowest BCUT2D eigenvalue weighted by atomic mass is 10.1. The topological polar surface area (TPSA) is 39.4 Å². The quantitative estimate of drug-likeness (QED) is 0.474. The van der Waals surface area contributed by atoms with Crippen molar-refractivity contribution in [2.24, 2.45) is 0 Å². The van der Waals surface area contributed by atoms with Gasteiger partial charge in [0, 0.05) is 5.56 Å². The highest BCUT2D eigenvalue weighted by Gasteiger charge is 2.18. The lowest BCUT2D eigenvalue weighted by Crippen LogP contribution is -2.10. The third kappa shape index (κ3) is 3.49. The van der Waals surface area contributed by atoms with Crippen molar-refractivity contribution in [3.63, 3.8) is 0 Å². The Morgan fingerprint density at radius 1 is 0.852 bits per heavy atom. The number of hydrogen-bond donors (Lipinski definition) is 0. The molecule has 3 heteroatoms. The Morgan fingerprint density at radius 2 is 1.56 bits per heavy atom. The summed E-state index contributed by atoms with van der Waals surface area (Å²) in [6.45, 7) is 4.29. The van der Waals surface area contributed by atoms with Crippen LogP contribution in [0.2, 0.25) is 0 Å². The van der Waals surface area contributed by atoms with Crippen molar-refractivity contribution < 1.29 is 9.15 Å². The van der Waals surface area contributed by atoms with Crippen molar-refractivity contribution >= 4 is 11.0 Å². The molecule has 4 rings (SSSR count). The van der Waals surface area contributed by atoms with Gasteiger partial charge in [0.15, 0.2) is 5.76 Å². The van der Waals surface area contributed by atoms with Gasteiger partial charge in [0.2, 0.25) is 11.2 Å². The molecule has 27 heavy (non-hydrogen) atoms. The van der Waals surface area contributed by atoms with Crippen molar-refractivity contribution in [3.8, 4) is 17.1 Å². The van der Waals surface area contributed by atoms with Crippen molar-refractivity contribution in [1.29, 1.82) is 0 Å². The second kappa shape index (κ2) is 7.12. The molecule has 134 valence electrons. The summed E-state index contributed by atoms with van der Waals surface area (Å²) in [5.74, 6) is 0.716. The van der Waals surface area contributed by atoms with E-state index in [0.29, 0.717) is 23.3 Å². The minimum atomic E-state index is -0.147. The maximum atomic E-state index is 13.2. The molecular formula is C24H20O3. The van der Waals surface area contributed by atoms with Gasteiger partial charge in [-0.05, 0) is 31.5 Å². The number of ether oxygens (including phenoxy) is 1. The Kier molecular flexibility index (Phi) is 4.51. The highest BCUT2D eigenvalue weighted by molar-refractivity contribution is 5.82. The second-order valence-corrected chi connectivity index (χ2v) is 6.73. The van der Waals surface area contributed by atoms with Crippen molar-refractivity contribution in [2.45, 2.75) is 20.5 Å². The van der Waals surface area contributed by atoms with E-state index in [9.17, 15) is 4.79 Å². The molecule has 0 fully saturated rings. The van der Waals surface area contributed by atoms with Crippen molar-refractivity contribution in [3.05, 3.63) is 99.7 Å². The summed E-state index contributed by atoms with van der Waals surface area (Å²) in [5, 5.41) is 0.536. The van der Waals surface area contributed by atoms with Crippen molar-refractivity contribution in [2.75, 3.05) is 0 Å². The highest BCUT2D eigenvalue weighted by Crippen LogP contribution is 2.31. The summed E-state index contributed by atoms with van der Waals surface area (Å²) in [6, 6.07) is 23.3. The van der Waals surface area contributed by atoms with Crippen LogP contribution < -0.4 is 10.2 Å². The van der Waals surface area contributed by atoms with Crippen LogP contribution >= 0.6 is 0 Å². The largest absolute Gasteiger partial charge is 0.481 e. The number of aryl methyl sites for hydroxylation is 2. The van der Waals surface area contributed by atoms with Crippen LogP contribution in [-0.4, -0.2) is 0 Å². The minimum Gasteiger partial charge on any atom is -0.481 e. The molecule has 0 aliphatic carbocycles. The lowest BCUT2D eigenvalue weighted by Gasteiger charge is -2.12. The van der Waals surface area contributed by atoms with E-state index in [1.165, 1.54) is 0 Å². The van der Waals surface area contributed by atoms with Gasteiger partial charge in [0.25, 0.3) is 0 Å². The van der Waals surface area contributed by atoms with Gasteiger partial charge < -0.3 is 9.15 Å². The molecule has 1 aromatic heterocycles. The SMILES string of the molecule is Cc1ccc(-c2oc3ccc(C)cc3c(=O)c2OCc2ccccc2)cc1. The predicted molar refractivity (Wildman–Crippen MR) is 108 cm³/mol. The molecule has 1 heterocycles. The molecule has 0 atom stereocenters. The van der Waals surface area contributed by atoms with E-state index < -0.39 is 0 Å². The molecule has 0 saturated carbocycles. The first-order valence-corrected chi connectivity index (χ1v) is 8.93. The molecule has 0 aliphatic heterocycles. The van der Waals surface area contributed by atoms with Crippen LogP contribution in [-0.2, 0) is 6.61 Å². The third-order valence-electron chi connectivity index (χ3n) is 4.54. The molecule has 3 aromatic carbocycles. The van der Waals surface area contributed by atoms with E-state index in [1.54, 1.807) is 0 Å². The first-order chi connectivity index (χ1) is 13.1. The highest BCUT2D eigenvalue weighted by atomic mass is 16.5. The zero-order valence-corrected chi connectivity index (χ0v) is 15.4. The van der Waals surface area contributed by atoms with Gasteiger partial charge in [0.1, 0.15) is 12.2 Å². The zero-order chi connectivity index (χ0) is 18.8. The first kappa shape index (κ1) is 17.1. The predicted octanol–water partition coefficient (Wildman–Crippen LogP) is 5.66. The van der Waals surface area contributed by atoms with E-state index in [4.69, 9.17) is 9.15 Å². The zero-order valence-electron chi connectivity index (χ0n) is 15.4. The summed E-state index contributed by atoms with van der Waals surface area (Å²) >= 11 is 0. The van der Waals surface area contributed by atoms with Gasteiger partial charge in [-0.1, -0.05) is 71.8 Å². The fourth-order valence-corrected chi connectivity index (χ4v) is 3.05. The Hall–Kier alpha value is -3.33. The van der Waals surface area contributed by atoms with Crippen LogP contribution in [0.3, 0.4) is 0 Å². The second-order valence-electron chi connectivity index (χ2n) is 6.73. The Bertz CT molecular complexity index is 1140. The first-order valence-electron chi connectivity index (χ1n) is 8.93. The van der Waals surface area contributed by atoms with Crippen LogP contribution in [0.4, 0.5) is 0 Å².